The van der Waals surface area contributed by atoms with Crippen molar-refractivity contribution in [3.63, 3.8) is 0 Å². The topological polar surface area (TPSA) is 135 Å². The van der Waals surface area contributed by atoms with Crippen LogP contribution in [0.15, 0.2) is 0 Å². The molecule has 2 saturated heterocycles. The Morgan fingerprint density at radius 2 is 1.68 bits per heavy atom. The number of rotatable bonds is 6. The lowest BCUT2D eigenvalue weighted by Gasteiger charge is -2.63. The van der Waals surface area contributed by atoms with Gasteiger partial charge in [0.1, 0.15) is 18.8 Å². The molecule has 10 nitrogen and oxygen atoms in total. The predicted octanol–water partition coefficient (Wildman–Crippen LogP) is 5.85. The summed E-state index contributed by atoms with van der Waals surface area (Å²) in [7, 11) is 0. The molecule has 7 aliphatic rings. The molecule has 10 heteroatoms. The maximum atomic E-state index is 12.9. The van der Waals surface area contributed by atoms with Crippen LogP contribution in [0.2, 0.25) is 0 Å². The molecule has 2 spiro atoms. The van der Waals surface area contributed by atoms with Gasteiger partial charge in [-0.15, -0.1) is 0 Å². The van der Waals surface area contributed by atoms with Crippen LogP contribution in [0.1, 0.15) is 106 Å². The third kappa shape index (κ3) is 4.51. The Morgan fingerprint density at radius 1 is 1.00 bits per heavy atom. The number of carboxylic acid groups (broad SMARTS) is 1. The van der Waals surface area contributed by atoms with Gasteiger partial charge in [0.05, 0.1) is 18.3 Å². The van der Waals surface area contributed by atoms with Crippen LogP contribution in [0.4, 0.5) is 9.59 Å². The molecule has 0 aromatic heterocycles. The van der Waals surface area contributed by atoms with E-state index in [1.165, 1.54) is 6.42 Å². The Bertz CT molecular complexity index is 1300. The summed E-state index contributed by atoms with van der Waals surface area (Å²) in [5.74, 6) is 0.385. The molecule has 47 heavy (non-hydrogen) atoms. The summed E-state index contributed by atoms with van der Waals surface area (Å²) in [5, 5.41) is 23.9. The number of amides is 2. The highest BCUT2D eigenvalue weighted by Crippen LogP contribution is 2.89. The zero-order valence-corrected chi connectivity index (χ0v) is 29.5. The number of carboxylic acids is 1. The SMILES string of the molecule is CC(C)[C@@H](OC(=O)N1CCC1)[C@H]1C[C@@H](C)[C@H]2[C@H](O1)[C@H](O)[C@@]1(C)[C@@H]3CC[C@H]4C(C)(C)[C@@H](OC(=O)NCC(=O)O)CC[C@@]45C[C@@]35CC[C@]21C. The molecule has 2 aliphatic heterocycles. The average Bonchev–Trinajstić information content (AvgIpc) is 3.60. The fraction of sp³-hybridized carbons (Fsp3) is 0.919. The number of nitrogens with zero attached hydrogens (tertiary/aromatic N) is 1. The summed E-state index contributed by atoms with van der Waals surface area (Å²) >= 11 is 0. The number of ether oxygens (including phenoxy) is 3. The average molecular weight is 659 g/mol. The van der Waals surface area contributed by atoms with Crippen molar-refractivity contribution in [1.82, 2.24) is 10.2 Å². The summed E-state index contributed by atoms with van der Waals surface area (Å²) in [6.07, 6.45) is 6.48. The Labute approximate surface area is 280 Å². The molecule has 0 bridgehead atoms. The smallest absolute Gasteiger partial charge is 0.410 e. The molecule has 2 amide bonds. The summed E-state index contributed by atoms with van der Waals surface area (Å²) in [5.41, 5.74) is -0.247. The number of aliphatic hydroxyl groups excluding tert-OH is 1. The van der Waals surface area contributed by atoms with Crippen LogP contribution in [-0.2, 0) is 19.0 Å². The molecule has 7 rings (SSSR count). The molecule has 7 fully saturated rings. The molecular formula is C37H58N2O8. The van der Waals surface area contributed by atoms with Gasteiger partial charge < -0.3 is 34.6 Å². The summed E-state index contributed by atoms with van der Waals surface area (Å²) in [6, 6.07) is 0. The van der Waals surface area contributed by atoms with Gasteiger partial charge in [-0.2, -0.15) is 0 Å². The van der Waals surface area contributed by atoms with Gasteiger partial charge in [-0.3, -0.25) is 4.79 Å². The number of alkyl carbamates (subject to hydrolysis) is 1. The number of aliphatic hydroxyl groups is 1. The van der Waals surface area contributed by atoms with E-state index in [0.717, 1.165) is 64.5 Å². The van der Waals surface area contributed by atoms with Gasteiger partial charge in [0.25, 0.3) is 0 Å². The van der Waals surface area contributed by atoms with Gasteiger partial charge in [0.2, 0.25) is 0 Å². The van der Waals surface area contributed by atoms with Crippen molar-refractivity contribution in [3.05, 3.63) is 0 Å². The highest BCUT2D eigenvalue weighted by Gasteiger charge is 2.84. The van der Waals surface area contributed by atoms with Crippen LogP contribution in [-0.4, -0.2) is 83.4 Å². The highest BCUT2D eigenvalue weighted by molar-refractivity contribution is 5.76. The van der Waals surface area contributed by atoms with Crippen LogP contribution >= 0.6 is 0 Å². The Kier molecular flexibility index (Phi) is 7.80. The van der Waals surface area contributed by atoms with Gasteiger partial charge >= 0.3 is 18.2 Å². The molecule has 2 heterocycles. The van der Waals surface area contributed by atoms with Crippen molar-refractivity contribution < 1.29 is 38.8 Å². The van der Waals surface area contributed by atoms with Crippen molar-refractivity contribution in [1.29, 1.82) is 0 Å². The Hall–Kier alpha value is -2.07. The minimum absolute atomic E-state index is 0.0618. The van der Waals surface area contributed by atoms with Crippen molar-refractivity contribution in [3.8, 4) is 0 Å². The van der Waals surface area contributed by atoms with Gasteiger partial charge in [-0.1, -0.05) is 48.5 Å². The number of aliphatic carboxylic acids is 1. The minimum atomic E-state index is -1.09. The fourth-order valence-corrected chi connectivity index (χ4v) is 13.4. The number of fused-ring (bicyclic) bond motifs is 4. The zero-order chi connectivity index (χ0) is 33.9. The van der Waals surface area contributed by atoms with Gasteiger partial charge in [0.15, 0.2) is 0 Å². The predicted molar refractivity (Wildman–Crippen MR) is 173 cm³/mol. The molecule has 5 saturated carbocycles. The standard InChI is InChI=1S/C37H58N2O8/c1-20(2)28(47-32(44)39-15-8-16-39)22-17-21(3)27-29(45-22)30(42)35(7)24-10-9-23-33(4,5)25(46-31(43)38-18-26(40)41)11-12-36(23)19-37(24,36)14-13-34(27,35)6/h20-25,27-30,42H,8-19H2,1-7H3,(H,38,43)(H,40,41)/t21-,22-,23+,24+,25+,27+,28-,29+,30+,34-,35-,36-,37+/m1/s1. The van der Waals surface area contributed by atoms with Crippen molar-refractivity contribution in [2.45, 2.75) is 137 Å². The second-order valence-electron chi connectivity index (χ2n) is 18.1. The summed E-state index contributed by atoms with van der Waals surface area (Å²) in [4.78, 5) is 38.1. The Balaban J connectivity index is 1.12. The minimum Gasteiger partial charge on any atom is -0.480 e. The first-order chi connectivity index (χ1) is 22.0. The highest BCUT2D eigenvalue weighted by atomic mass is 16.6. The molecule has 5 aliphatic carbocycles. The lowest BCUT2D eigenvalue weighted by atomic mass is 9.41. The quantitative estimate of drug-likeness (QED) is 0.324. The molecule has 0 radical (unpaired) electrons. The maximum Gasteiger partial charge on any atom is 0.410 e. The lowest BCUT2D eigenvalue weighted by molar-refractivity contribution is -0.185. The first-order valence-electron chi connectivity index (χ1n) is 18.5. The van der Waals surface area contributed by atoms with Crippen LogP contribution in [0.5, 0.6) is 0 Å². The normalized spacial score (nSPS) is 48.0. The van der Waals surface area contributed by atoms with E-state index in [1.807, 2.05) is 0 Å². The van der Waals surface area contributed by atoms with E-state index in [0.29, 0.717) is 17.8 Å². The van der Waals surface area contributed by atoms with Gasteiger partial charge in [-0.05, 0) is 104 Å². The van der Waals surface area contributed by atoms with E-state index in [-0.39, 0.29) is 69.4 Å². The second kappa shape index (κ2) is 11.0. The van der Waals surface area contributed by atoms with Gasteiger partial charge in [-0.25, -0.2) is 9.59 Å². The summed E-state index contributed by atoms with van der Waals surface area (Å²) < 4.78 is 19.0. The second-order valence-corrected chi connectivity index (χ2v) is 18.1. The maximum absolute atomic E-state index is 12.9. The number of carbonyl (C=O) groups excluding carboxylic acids is 2. The number of hydrogen-bond donors (Lipinski definition) is 3. The van der Waals surface area contributed by atoms with E-state index in [1.54, 1.807) is 4.90 Å². The molecule has 264 valence electrons. The number of carbonyl (C=O) groups is 3. The third-order valence-corrected chi connectivity index (χ3v) is 15.8. The van der Waals surface area contributed by atoms with E-state index in [2.05, 4.69) is 53.8 Å². The van der Waals surface area contributed by atoms with Crippen molar-refractivity contribution >= 4 is 18.2 Å². The van der Waals surface area contributed by atoms with E-state index in [9.17, 15) is 19.5 Å². The van der Waals surface area contributed by atoms with Crippen molar-refractivity contribution in [2.24, 2.45) is 56.7 Å². The summed E-state index contributed by atoms with van der Waals surface area (Å²) in [6.45, 7) is 16.9. The first kappa shape index (κ1) is 33.4. The fourth-order valence-electron chi connectivity index (χ4n) is 13.4. The number of likely N-dealkylation sites (tertiary alicyclic amines) is 1. The van der Waals surface area contributed by atoms with Crippen LogP contribution in [0.25, 0.3) is 0 Å². The number of nitrogens with one attached hydrogen (secondary N) is 1. The molecule has 0 aromatic carbocycles. The van der Waals surface area contributed by atoms with Crippen LogP contribution < -0.4 is 5.32 Å². The van der Waals surface area contributed by atoms with Crippen LogP contribution in [0, 0.1) is 56.7 Å². The largest absolute Gasteiger partial charge is 0.480 e. The monoisotopic (exact) mass is 658 g/mol. The molecule has 13 atom stereocenters. The Morgan fingerprint density at radius 3 is 2.32 bits per heavy atom. The van der Waals surface area contributed by atoms with Gasteiger partial charge in [0, 0.05) is 23.9 Å². The molecule has 3 N–H and O–H groups in total. The first-order valence-corrected chi connectivity index (χ1v) is 18.5. The third-order valence-electron chi connectivity index (χ3n) is 15.8. The lowest BCUT2D eigenvalue weighted by Crippen LogP contribution is -2.60. The zero-order valence-electron chi connectivity index (χ0n) is 29.5. The number of hydrogen-bond acceptors (Lipinski definition) is 7. The molecular weight excluding hydrogens is 600 g/mol. The van der Waals surface area contributed by atoms with E-state index in [4.69, 9.17) is 19.3 Å². The van der Waals surface area contributed by atoms with E-state index < -0.39 is 24.7 Å². The van der Waals surface area contributed by atoms with Crippen LogP contribution in [0.3, 0.4) is 0 Å². The molecule has 0 aromatic rings. The van der Waals surface area contributed by atoms with E-state index >= 15 is 0 Å². The molecule has 0 unspecified atom stereocenters. The van der Waals surface area contributed by atoms with Crippen molar-refractivity contribution in [2.75, 3.05) is 19.6 Å².